The van der Waals surface area contributed by atoms with Crippen LogP contribution in [0, 0.1) is 23.2 Å². The van der Waals surface area contributed by atoms with Crippen LogP contribution in [-0.4, -0.2) is 38.9 Å². The number of hydrogen-bond acceptors (Lipinski definition) is 6. The summed E-state index contributed by atoms with van der Waals surface area (Å²) < 4.78 is 15.3. The standard InChI is InChI=1S/C33H41FN6O2/c1-3-39(19-23-8-10-27(11-9-23)32(41)42)31-16-29-7-5-4-6-28(29)15-30(31)21-40(33-36-22-38(2)37-33)20-26-13-24(17-34)12-25(14-26)18-35/h12-16,22-23,27H,3-11,17,19-21H2,1-2H3,(H,41,42). The third kappa shape index (κ3) is 6.92. The van der Waals surface area contributed by atoms with Crippen LogP contribution >= 0.6 is 0 Å². The number of rotatable bonds is 11. The molecule has 5 rings (SSSR count). The lowest BCUT2D eigenvalue weighted by molar-refractivity contribution is -0.143. The molecule has 1 N–H and O–H groups in total. The minimum absolute atomic E-state index is 0.215. The molecule has 0 saturated heterocycles. The number of aromatic nitrogens is 3. The molecule has 1 aromatic heterocycles. The van der Waals surface area contributed by atoms with Crippen LogP contribution in [0.3, 0.4) is 0 Å². The lowest BCUT2D eigenvalue weighted by Gasteiger charge is -2.35. The molecular formula is C33H41FN6O2. The van der Waals surface area contributed by atoms with Crippen LogP contribution in [0.15, 0.2) is 36.7 Å². The molecule has 0 aliphatic heterocycles. The molecule has 222 valence electrons. The highest BCUT2D eigenvalue weighted by atomic mass is 19.1. The molecule has 1 heterocycles. The van der Waals surface area contributed by atoms with E-state index in [2.05, 4.69) is 45.0 Å². The first kappa shape index (κ1) is 29.6. The molecule has 2 aliphatic rings. The van der Waals surface area contributed by atoms with Gasteiger partial charge in [-0.1, -0.05) is 12.1 Å². The molecule has 0 atom stereocenters. The number of nitrogens with zero attached hydrogens (tertiary/aromatic N) is 6. The zero-order chi connectivity index (χ0) is 29.6. The topological polar surface area (TPSA) is 98.3 Å². The minimum Gasteiger partial charge on any atom is -0.481 e. The fourth-order valence-corrected chi connectivity index (χ4v) is 6.64. The Morgan fingerprint density at radius 1 is 1.05 bits per heavy atom. The predicted molar refractivity (Wildman–Crippen MR) is 161 cm³/mol. The van der Waals surface area contributed by atoms with Gasteiger partial charge in [0.15, 0.2) is 0 Å². The van der Waals surface area contributed by atoms with Crippen LogP contribution in [0.25, 0.3) is 0 Å². The summed E-state index contributed by atoms with van der Waals surface area (Å²) in [6.45, 7) is 4.33. The van der Waals surface area contributed by atoms with Gasteiger partial charge in [-0.05, 0) is 110 Å². The van der Waals surface area contributed by atoms with Crippen LogP contribution in [0.1, 0.15) is 78.8 Å². The maximum absolute atomic E-state index is 13.6. The molecule has 0 bridgehead atoms. The van der Waals surface area contributed by atoms with Gasteiger partial charge in [0.2, 0.25) is 5.95 Å². The number of aliphatic carboxylic acids is 1. The smallest absolute Gasteiger partial charge is 0.306 e. The Balaban J connectivity index is 1.47. The minimum atomic E-state index is -0.667. The first-order chi connectivity index (χ1) is 20.4. The van der Waals surface area contributed by atoms with Crippen molar-refractivity contribution >= 4 is 17.6 Å². The number of fused-ring (bicyclic) bond motifs is 1. The second-order valence-corrected chi connectivity index (χ2v) is 11.9. The summed E-state index contributed by atoms with van der Waals surface area (Å²) in [7, 11) is 1.84. The van der Waals surface area contributed by atoms with Crippen LogP contribution in [0.2, 0.25) is 0 Å². The first-order valence-corrected chi connectivity index (χ1v) is 15.2. The van der Waals surface area contributed by atoms with Crippen LogP contribution < -0.4 is 9.80 Å². The van der Waals surface area contributed by atoms with Gasteiger partial charge >= 0.3 is 5.97 Å². The molecule has 0 radical (unpaired) electrons. The summed E-state index contributed by atoms with van der Waals surface area (Å²) in [4.78, 5) is 20.7. The van der Waals surface area contributed by atoms with E-state index in [1.165, 1.54) is 35.2 Å². The average molecular weight is 573 g/mol. The van der Waals surface area contributed by atoms with Gasteiger partial charge in [0.25, 0.3) is 0 Å². The van der Waals surface area contributed by atoms with Crippen molar-refractivity contribution in [3.8, 4) is 6.07 Å². The summed E-state index contributed by atoms with van der Waals surface area (Å²) in [5.74, 6) is 0.165. The quantitative estimate of drug-likeness (QED) is 0.303. The zero-order valence-corrected chi connectivity index (χ0v) is 24.7. The second kappa shape index (κ2) is 13.4. The van der Waals surface area contributed by atoms with Gasteiger partial charge in [-0.3, -0.25) is 9.48 Å². The Morgan fingerprint density at radius 2 is 1.76 bits per heavy atom. The van der Waals surface area contributed by atoms with E-state index in [1.54, 1.807) is 17.1 Å². The van der Waals surface area contributed by atoms with Crippen molar-refractivity contribution in [3.05, 3.63) is 70.0 Å². The van der Waals surface area contributed by atoms with Crippen molar-refractivity contribution in [3.63, 3.8) is 0 Å². The molecule has 1 saturated carbocycles. The summed E-state index contributed by atoms with van der Waals surface area (Å²) in [6, 6.07) is 12.1. The van der Waals surface area contributed by atoms with E-state index >= 15 is 0 Å². The van der Waals surface area contributed by atoms with E-state index in [0.29, 0.717) is 36.1 Å². The van der Waals surface area contributed by atoms with Crippen molar-refractivity contribution < 1.29 is 14.3 Å². The normalized spacial score (nSPS) is 18.2. The number of nitriles is 1. The van der Waals surface area contributed by atoms with E-state index < -0.39 is 12.6 Å². The SMILES string of the molecule is CCN(CC1CCC(C(=O)O)CC1)c1cc2c(cc1CN(Cc1cc(C#N)cc(CF)c1)c1ncn(C)n1)CCCC2. The van der Waals surface area contributed by atoms with E-state index in [9.17, 15) is 19.6 Å². The van der Waals surface area contributed by atoms with Crippen LogP contribution in [-0.2, 0) is 44.4 Å². The number of anilines is 2. The van der Waals surface area contributed by atoms with Crippen molar-refractivity contribution in [1.82, 2.24) is 14.8 Å². The number of alkyl halides is 1. The van der Waals surface area contributed by atoms with Crippen molar-refractivity contribution in [2.75, 3.05) is 22.9 Å². The second-order valence-electron chi connectivity index (χ2n) is 11.9. The molecule has 1 fully saturated rings. The Bertz CT molecular complexity index is 1440. The number of hydrogen-bond donors (Lipinski definition) is 1. The van der Waals surface area contributed by atoms with Gasteiger partial charge in [-0.15, -0.1) is 5.10 Å². The molecule has 2 aromatic carbocycles. The van der Waals surface area contributed by atoms with Gasteiger partial charge in [0.1, 0.15) is 13.0 Å². The Labute approximate surface area is 247 Å². The summed E-state index contributed by atoms with van der Waals surface area (Å²) in [6.07, 6.45) is 9.59. The number of carboxylic acid groups (broad SMARTS) is 1. The molecule has 8 nitrogen and oxygen atoms in total. The summed E-state index contributed by atoms with van der Waals surface area (Å²) in [5, 5.41) is 23.6. The lowest BCUT2D eigenvalue weighted by Crippen LogP contribution is -2.34. The number of aryl methyl sites for hydroxylation is 3. The lowest BCUT2D eigenvalue weighted by atomic mass is 9.81. The van der Waals surface area contributed by atoms with Crippen molar-refractivity contribution in [2.45, 2.75) is 78.1 Å². The number of carbonyl (C=O) groups is 1. The molecule has 0 spiro atoms. The maximum Gasteiger partial charge on any atom is 0.306 e. The summed E-state index contributed by atoms with van der Waals surface area (Å²) >= 11 is 0. The number of carboxylic acids is 1. The monoisotopic (exact) mass is 572 g/mol. The number of halogens is 1. The largest absolute Gasteiger partial charge is 0.481 e. The van der Waals surface area contributed by atoms with Gasteiger partial charge in [0.05, 0.1) is 17.6 Å². The molecule has 2 aliphatic carbocycles. The fourth-order valence-electron chi connectivity index (χ4n) is 6.64. The molecule has 3 aromatic rings. The molecule has 9 heteroatoms. The predicted octanol–water partition coefficient (Wildman–Crippen LogP) is 5.96. The fraction of sp³-hybridized carbons (Fsp3) is 0.515. The summed E-state index contributed by atoms with van der Waals surface area (Å²) in [5.41, 5.74) is 7.01. The Hall–Kier alpha value is -3.93. The Morgan fingerprint density at radius 3 is 2.38 bits per heavy atom. The van der Waals surface area contributed by atoms with Gasteiger partial charge in [-0.25, -0.2) is 9.37 Å². The molecule has 0 amide bonds. The van der Waals surface area contributed by atoms with Gasteiger partial charge in [-0.2, -0.15) is 5.26 Å². The molecule has 42 heavy (non-hydrogen) atoms. The zero-order valence-electron chi connectivity index (χ0n) is 24.7. The van der Waals surface area contributed by atoms with Crippen molar-refractivity contribution in [1.29, 1.82) is 5.26 Å². The number of benzene rings is 2. The highest BCUT2D eigenvalue weighted by Crippen LogP contribution is 2.35. The van der Waals surface area contributed by atoms with Crippen molar-refractivity contribution in [2.24, 2.45) is 18.9 Å². The van der Waals surface area contributed by atoms with E-state index in [0.717, 1.165) is 57.2 Å². The maximum atomic E-state index is 13.6. The van der Waals surface area contributed by atoms with Crippen LogP contribution in [0.5, 0.6) is 0 Å². The van der Waals surface area contributed by atoms with Gasteiger partial charge < -0.3 is 14.9 Å². The van der Waals surface area contributed by atoms with E-state index in [4.69, 9.17) is 0 Å². The highest BCUT2D eigenvalue weighted by molar-refractivity contribution is 5.70. The first-order valence-electron chi connectivity index (χ1n) is 15.2. The highest BCUT2D eigenvalue weighted by Gasteiger charge is 2.28. The third-order valence-corrected chi connectivity index (χ3v) is 8.88. The van der Waals surface area contributed by atoms with Gasteiger partial charge in [0, 0.05) is 38.9 Å². The van der Waals surface area contributed by atoms with Crippen LogP contribution in [0.4, 0.5) is 16.0 Å². The molecular weight excluding hydrogens is 531 g/mol. The molecule has 0 unspecified atom stereocenters. The Kier molecular flexibility index (Phi) is 9.41. The average Bonchev–Trinajstić information content (AvgIpc) is 3.45. The third-order valence-electron chi connectivity index (χ3n) is 8.88. The van der Waals surface area contributed by atoms with E-state index in [-0.39, 0.29) is 5.92 Å². The van der Waals surface area contributed by atoms with E-state index in [1.807, 2.05) is 19.2 Å².